The summed E-state index contributed by atoms with van der Waals surface area (Å²) in [4.78, 5) is 7.26. The van der Waals surface area contributed by atoms with Gasteiger partial charge >= 0.3 is 0 Å². The fourth-order valence-corrected chi connectivity index (χ4v) is 3.66. The van der Waals surface area contributed by atoms with Crippen LogP contribution in [0.3, 0.4) is 0 Å². The van der Waals surface area contributed by atoms with Crippen LogP contribution in [0.15, 0.2) is 59.1 Å². The molecule has 3 aromatic rings. The molecule has 0 atom stereocenters. The van der Waals surface area contributed by atoms with Gasteiger partial charge in [0, 0.05) is 41.6 Å². The Morgan fingerprint density at radius 3 is 2.77 bits per heavy atom. The molecule has 0 amide bonds. The number of benzene rings is 2. The van der Waals surface area contributed by atoms with Crippen molar-refractivity contribution in [2.24, 2.45) is 0 Å². The van der Waals surface area contributed by atoms with Crippen LogP contribution in [0.25, 0.3) is 10.9 Å². The number of nitrogens with zero attached hydrogens (tertiary/aromatic N) is 2. The number of halogens is 1. The van der Waals surface area contributed by atoms with E-state index >= 15 is 0 Å². The van der Waals surface area contributed by atoms with Crippen LogP contribution in [0.2, 0.25) is 0 Å². The number of aromatic nitrogens is 1. The van der Waals surface area contributed by atoms with E-state index in [-0.39, 0.29) is 0 Å². The molecule has 110 valence electrons. The van der Waals surface area contributed by atoms with Gasteiger partial charge < -0.3 is 0 Å². The maximum absolute atomic E-state index is 4.77. The zero-order valence-electron chi connectivity index (χ0n) is 12.3. The highest BCUT2D eigenvalue weighted by Gasteiger charge is 2.20. The fourth-order valence-electron chi connectivity index (χ4n) is 3.13. The summed E-state index contributed by atoms with van der Waals surface area (Å²) < 4.78 is 1.23. The van der Waals surface area contributed by atoms with Crippen LogP contribution >= 0.6 is 15.9 Å². The standard InChI is InChI=1S/C19H17BrN2/c20-18-6-3-5-15-12-22(13-17(15)18)11-10-16-9-8-14-4-1-2-7-19(14)21-16/h1-9H,10-13H2. The molecule has 4 rings (SSSR count). The first-order valence-electron chi connectivity index (χ1n) is 7.63. The van der Waals surface area contributed by atoms with Crippen LogP contribution in [-0.4, -0.2) is 16.4 Å². The molecule has 1 aromatic heterocycles. The van der Waals surface area contributed by atoms with Gasteiger partial charge in [0.05, 0.1) is 5.52 Å². The maximum Gasteiger partial charge on any atom is 0.0705 e. The summed E-state index contributed by atoms with van der Waals surface area (Å²) in [6.45, 7) is 3.12. The molecule has 1 aliphatic rings. The van der Waals surface area contributed by atoms with Gasteiger partial charge in [0.25, 0.3) is 0 Å². The van der Waals surface area contributed by atoms with Crippen molar-refractivity contribution in [2.45, 2.75) is 19.5 Å². The molecule has 0 saturated heterocycles. The van der Waals surface area contributed by atoms with Crippen LogP contribution in [-0.2, 0) is 19.5 Å². The third-order valence-electron chi connectivity index (χ3n) is 4.33. The Labute approximate surface area is 138 Å². The second-order valence-electron chi connectivity index (χ2n) is 5.83. The van der Waals surface area contributed by atoms with E-state index < -0.39 is 0 Å². The van der Waals surface area contributed by atoms with Crippen molar-refractivity contribution in [1.82, 2.24) is 9.88 Å². The predicted molar refractivity (Wildman–Crippen MR) is 93.7 cm³/mol. The third-order valence-corrected chi connectivity index (χ3v) is 5.07. The highest BCUT2D eigenvalue weighted by Crippen LogP contribution is 2.29. The first kappa shape index (κ1) is 13.9. The molecule has 0 aliphatic carbocycles. The van der Waals surface area contributed by atoms with Crippen molar-refractivity contribution < 1.29 is 0 Å². The van der Waals surface area contributed by atoms with E-state index in [0.717, 1.165) is 31.6 Å². The van der Waals surface area contributed by atoms with Gasteiger partial charge in [0.1, 0.15) is 0 Å². The molecule has 0 N–H and O–H groups in total. The molecule has 0 bridgehead atoms. The molecular weight excluding hydrogens is 336 g/mol. The Hall–Kier alpha value is -1.71. The van der Waals surface area contributed by atoms with Gasteiger partial charge in [-0.1, -0.05) is 52.3 Å². The first-order valence-corrected chi connectivity index (χ1v) is 8.42. The van der Waals surface area contributed by atoms with Crippen molar-refractivity contribution >= 4 is 26.8 Å². The number of rotatable bonds is 3. The van der Waals surface area contributed by atoms with Crippen LogP contribution in [0.1, 0.15) is 16.8 Å². The number of para-hydroxylation sites is 1. The summed E-state index contributed by atoms with van der Waals surface area (Å²) >= 11 is 3.66. The summed E-state index contributed by atoms with van der Waals surface area (Å²) in [5, 5.41) is 1.21. The Balaban J connectivity index is 1.46. The van der Waals surface area contributed by atoms with Gasteiger partial charge in [-0.25, -0.2) is 0 Å². The monoisotopic (exact) mass is 352 g/mol. The normalized spacial score (nSPS) is 14.4. The minimum Gasteiger partial charge on any atom is -0.294 e. The highest BCUT2D eigenvalue weighted by molar-refractivity contribution is 9.10. The largest absolute Gasteiger partial charge is 0.294 e. The van der Waals surface area contributed by atoms with E-state index in [4.69, 9.17) is 4.98 Å². The molecule has 0 unspecified atom stereocenters. The van der Waals surface area contributed by atoms with Crippen LogP contribution in [0.4, 0.5) is 0 Å². The van der Waals surface area contributed by atoms with Gasteiger partial charge in [-0.15, -0.1) is 0 Å². The zero-order chi connectivity index (χ0) is 14.9. The summed E-state index contributed by atoms with van der Waals surface area (Å²) in [5.41, 5.74) is 5.15. The maximum atomic E-state index is 4.77. The van der Waals surface area contributed by atoms with Gasteiger partial charge in [-0.05, 0) is 29.3 Å². The molecule has 1 aliphatic heterocycles. The number of hydrogen-bond donors (Lipinski definition) is 0. The topological polar surface area (TPSA) is 16.1 Å². The number of pyridine rings is 1. The van der Waals surface area contributed by atoms with Crippen molar-refractivity contribution in [1.29, 1.82) is 0 Å². The number of fused-ring (bicyclic) bond motifs is 2. The lowest BCUT2D eigenvalue weighted by Gasteiger charge is -2.14. The Bertz CT molecular complexity index is 829. The quantitative estimate of drug-likeness (QED) is 0.687. The van der Waals surface area contributed by atoms with Crippen molar-refractivity contribution in [3.05, 3.63) is 75.9 Å². The van der Waals surface area contributed by atoms with Gasteiger partial charge in [-0.2, -0.15) is 0 Å². The van der Waals surface area contributed by atoms with Gasteiger partial charge in [0.15, 0.2) is 0 Å². The summed E-state index contributed by atoms with van der Waals surface area (Å²) in [6, 6.07) is 19.1. The predicted octanol–water partition coefficient (Wildman–Crippen LogP) is 4.56. The second kappa shape index (κ2) is 5.82. The molecule has 2 nitrogen and oxygen atoms in total. The molecule has 22 heavy (non-hydrogen) atoms. The van der Waals surface area contributed by atoms with E-state index in [9.17, 15) is 0 Å². The Kier molecular flexibility index (Phi) is 3.68. The number of hydrogen-bond acceptors (Lipinski definition) is 2. The molecule has 0 radical (unpaired) electrons. The zero-order valence-corrected chi connectivity index (χ0v) is 13.9. The lowest BCUT2D eigenvalue weighted by Crippen LogP contribution is -2.19. The molecule has 0 spiro atoms. The fraction of sp³-hybridized carbons (Fsp3) is 0.211. The van der Waals surface area contributed by atoms with Crippen molar-refractivity contribution in [3.8, 4) is 0 Å². The average Bonchev–Trinajstić information content (AvgIpc) is 2.97. The highest BCUT2D eigenvalue weighted by atomic mass is 79.9. The second-order valence-corrected chi connectivity index (χ2v) is 6.69. The molecule has 3 heteroatoms. The minimum absolute atomic E-state index is 0.996. The van der Waals surface area contributed by atoms with Crippen LogP contribution in [0, 0.1) is 0 Å². The summed E-state index contributed by atoms with van der Waals surface area (Å²) in [6.07, 6.45) is 0.996. The first-order chi connectivity index (χ1) is 10.8. The van der Waals surface area contributed by atoms with Gasteiger partial charge in [-0.3, -0.25) is 9.88 Å². The smallest absolute Gasteiger partial charge is 0.0705 e. The van der Waals surface area contributed by atoms with Gasteiger partial charge in [0.2, 0.25) is 0 Å². The Morgan fingerprint density at radius 2 is 1.86 bits per heavy atom. The van der Waals surface area contributed by atoms with E-state index in [1.165, 1.54) is 26.7 Å². The van der Waals surface area contributed by atoms with E-state index in [2.05, 4.69) is 69.4 Å². The molecule has 2 aromatic carbocycles. The van der Waals surface area contributed by atoms with E-state index in [1.807, 2.05) is 6.07 Å². The Morgan fingerprint density at radius 1 is 0.955 bits per heavy atom. The van der Waals surface area contributed by atoms with Crippen LogP contribution < -0.4 is 0 Å². The summed E-state index contributed by atoms with van der Waals surface area (Å²) in [7, 11) is 0. The lowest BCUT2D eigenvalue weighted by atomic mass is 10.1. The van der Waals surface area contributed by atoms with E-state index in [1.54, 1.807) is 0 Å². The summed E-state index contributed by atoms with van der Waals surface area (Å²) in [5.74, 6) is 0. The molecule has 2 heterocycles. The molecule has 0 saturated carbocycles. The lowest BCUT2D eigenvalue weighted by molar-refractivity contribution is 0.287. The van der Waals surface area contributed by atoms with Crippen molar-refractivity contribution in [2.75, 3.05) is 6.54 Å². The van der Waals surface area contributed by atoms with Crippen molar-refractivity contribution in [3.63, 3.8) is 0 Å². The molecular formula is C19H17BrN2. The average molecular weight is 353 g/mol. The third kappa shape index (κ3) is 2.67. The molecule has 0 fully saturated rings. The SMILES string of the molecule is Brc1cccc2c1CN(CCc1ccc3ccccc3n1)C2. The van der Waals surface area contributed by atoms with E-state index in [0.29, 0.717) is 0 Å². The van der Waals surface area contributed by atoms with Crippen LogP contribution in [0.5, 0.6) is 0 Å². The minimum atomic E-state index is 0.996.